The molecule has 0 bridgehead atoms. The summed E-state index contributed by atoms with van der Waals surface area (Å²) in [6, 6.07) is 11.6. The van der Waals surface area contributed by atoms with Crippen molar-refractivity contribution in [1.29, 1.82) is 0 Å². The first-order chi connectivity index (χ1) is 16.0. The molecule has 2 aliphatic rings. The third-order valence-corrected chi connectivity index (χ3v) is 6.55. The number of carbonyl (C=O) groups excluding carboxylic acids is 2. The van der Waals surface area contributed by atoms with Crippen LogP contribution >= 0.6 is 0 Å². The molecule has 7 heteroatoms. The lowest BCUT2D eigenvalue weighted by Crippen LogP contribution is -2.34. The molecule has 1 aliphatic heterocycles. The predicted octanol–water partition coefficient (Wildman–Crippen LogP) is 4.74. The summed E-state index contributed by atoms with van der Waals surface area (Å²) in [6.07, 6.45) is 4.26. The number of carbonyl (C=O) groups is 2. The second kappa shape index (κ2) is 10.3. The van der Waals surface area contributed by atoms with Crippen LogP contribution in [-0.2, 0) is 19.1 Å². The van der Waals surface area contributed by atoms with Crippen LogP contribution in [0, 0.1) is 0 Å². The molecule has 0 saturated heterocycles. The van der Waals surface area contributed by atoms with E-state index in [0.29, 0.717) is 5.69 Å². The number of hydrogen-bond acceptors (Lipinski definition) is 6. The molecule has 7 nitrogen and oxygen atoms in total. The molecule has 1 fully saturated rings. The Kier molecular flexibility index (Phi) is 7.18. The van der Waals surface area contributed by atoms with E-state index in [2.05, 4.69) is 10.1 Å². The van der Waals surface area contributed by atoms with Crippen molar-refractivity contribution in [3.8, 4) is 11.5 Å². The van der Waals surface area contributed by atoms with Crippen LogP contribution in [0.3, 0.4) is 0 Å². The molecule has 33 heavy (non-hydrogen) atoms. The van der Waals surface area contributed by atoms with Crippen LogP contribution in [0.2, 0.25) is 0 Å². The van der Waals surface area contributed by atoms with E-state index in [1.165, 1.54) is 19.1 Å². The lowest BCUT2D eigenvalue weighted by atomic mass is 9.75. The number of esters is 1. The molecule has 1 amide bonds. The zero-order valence-electron chi connectivity index (χ0n) is 19.4. The summed E-state index contributed by atoms with van der Waals surface area (Å²) in [5.41, 5.74) is 3.75. The highest BCUT2D eigenvalue weighted by Gasteiger charge is 2.41. The molecular formula is C26H31NO6. The maximum absolute atomic E-state index is 12.3. The normalized spacial score (nSPS) is 21.4. The monoisotopic (exact) mass is 453 g/mol. The first-order valence-electron chi connectivity index (χ1n) is 11.4. The van der Waals surface area contributed by atoms with E-state index in [0.717, 1.165) is 41.9 Å². The molecule has 1 heterocycles. The van der Waals surface area contributed by atoms with Crippen molar-refractivity contribution in [2.75, 3.05) is 26.6 Å². The largest absolute Gasteiger partial charge is 0.496 e. The van der Waals surface area contributed by atoms with E-state index < -0.39 is 5.97 Å². The molecule has 1 N–H and O–H groups in total. The van der Waals surface area contributed by atoms with Gasteiger partial charge in [-0.1, -0.05) is 25.0 Å². The second-order valence-corrected chi connectivity index (χ2v) is 8.49. The van der Waals surface area contributed by atoms with Crippen LogP contribution < -0.4 is 14.8 Å². The fourth-order valence-electron chi connectivity index (χ4n) is 5.00. The standard InChI is InChI=1S/C26H31NO6/c1-30-20-11-12-21(31-2)25-24(20)18-9-4-5-10-19(18)33-26(25)16-7-6-8-17(15-16)27-22(28)13-14-23(29)32-3/h6-8,11-12,15,18-19,26H,4-5,9-10,13-14H2,1-3H3,(H,27,28)/t18-,19+,26+/m0/s1. The van der Waals surface area contributed by atoms with Gasteiger partial charge in [0.2, 0.25) is 5.91 Å². The summed E-state index contributed by atoms with van der Waals surface area (Å²) in [5, 5.41) is 2.87. The zero-order valence-corrected chi connectivity index (χ0v) is 19.4. The maximum Gasteiger partial charge on any atom is 0.306 e. The van der Waals surface area contributed by atoms with Gasteiger partial charge < -0.3 is 24.3 Å². The Morgan fingerprint density at radius 2 is 1.70 bits per heavy atom. The molecule has 0 unspecified atom stereocenters. The van der Waals surface area contributed by atoms with Gasteiger partial charge in [0.05, 0.1) is 33.9 Å². The topological polar surface area (TPSA) is 83.1 Å². The molecule has 1 saturated carbocycles. The minimum atomic E-state index is -0.408. The van der Waals surface area contributed by atoms with Crippen LogP contribution in [0.4, 0.5) is 5.69 Å². The Labute approximate surface area is 194 Å². The molecule has 0 radical (unpaired) electrons. The lowest BCUT2D eigenvalue weighted by Gasteiger charge is -2.42. The molecule has 0 spiro atoms. The summed E-state index contributed by atoms with van der Waals surface area (Å²) in [6.45, 7) is 0. The molecule has 2 aromatic rings. The SMILES string of the molecule is COC(=O)CCC(=O)Nc1cccc([C@H]2O[C@@H]3CCCC[C@@H]3c3c(OC)ccc(OC)c32)c1. The number of amides is 1. The molecule has 176 valence electrons. The van der Waals surface area contributed by atoms with E-state index in [1.54, 1.807) is 14.2 Å². The number of methoxy groups -OCH3 is 3. The van der Waals surface area contributed by atoms with Gasteiger partial charge in [-0.05, 0) is 42.7 Å². The van der Waals surface area contributed by atoms with Gasteiger partial charge in [-0.2, -0.15) is 0 Å². The summed E-state index contributed by atoms with van der Waals surface area (Å²) >= 11 is 0. The second-order valence-electron chi connectivity index (χ2n) is 8.49. The summed E-state index contributed by atoms with van der Waals surface area (Å²) < 4.78 is 22.8. The smallest absolute Gasteiger partial charge is 0.306 e. The third-order valence-electron chi connectivity index (χ3n) is 6.55. The van der Waals surface area contributed by atoms with E-state index in [-0.39, 0.29) is 36.9 Å². The highest BCUT2D eigenvalue weighted by molar-refractivity contribution is 5.92. The fraction of sp³-hybridized carbons (Fsp3) is 0.462. The number of nitrogens with one attached hydrogen (secondary N) is 1. The van der Waals surface area contributed by atoms with Crippen molar-refractivity contribution >= 4 is 17.6 Å². The quantitative estimate of drug-likeness (QED) is 0.610. The summed E-state index contributed by atoms with van der Waals surface area (Å²) in [5.74, 6) is 1.26. The van der Waals surface area contributed by atoms with Gasteiger partial charge >= 0.3 is 5.97 Å². The number of ether oxygens (including phenoxy) is 4. The van der Waals surface area contributed by atoms with Gasteiger partial charge in [-0.3, -0.25) is 9.59 Å². The van der Waals surface area contributed by atoms with Crippen LogP contribution in [0.1, 0.15) is 67.2 Å². The Balaban J connectivity index is 1.67. The Morgan fingerprint density at radius 1 is 0.970 bits per heavy atom. The number of rotatable bonds is 7. The van der Waals surface area contributed by atoms with Crippen LogP contribution in [0.15, 0.2) is 36.4 Å². The summed E-state index contributed by atoms with van der Waals surface area (Å²) in [7, 11) is 4.69. The Hall–Kier alpha value is -3.06. The Morgan fingerprint density at radius 3 is 2.42 bits per heavy atom. The van der Waals surface area contributed by atoms with Gasteiger partial charge in [0.1, 0.15) is 17.6 Å². The minimum Gasteiger partial charge on any atom is -0.496 e. The van der Waals surface area contributed by atoms with E-state index in [4.69, 9.17) is 14.2 Å². The predicted molar refractivity (Wildman–Crippen MR) is 124 cm³/mol. The van der Waals surface area contributed by atoms with Crippen molar-refractivity contribution in [2.24, 2.45) is 0 Å². The molecule has 3 atom stereocenters. The molecule has 4 rings (SSSR count). The van der Waals surface area contributed by atoms with Crippen molar-refractivity contribution < 1.29 is 28.5 Å². The first kappa shape index (κ1) is 23.1. The highest BCUT2D eigenvalue weighted by Crippen LogP contribution is 2.52. The third kappa shape index (κ3) is 4.83. The van der Waals surface area contributed by atoms with E-state index >= 15 is 0 Å². The number of hydrogen-bond donors (Lipinski definition) is 1. The van der Waals surface area contributed by atoms with E-state index in [9.17, 15) is 9.59 Å². The lowest BCUT2D eigenvalue weighted by molar-refractivity contribution is -0.141. The number of benzene rings is 2. The van der Waals surface area contributed by atoms with Gasteiger partial charge in [-0.15, -0.1) is 0 Å². The van der Waals surface area contributed by atoms with E-state index in [1.807, 2.05) is 36.4 Å². The average molecular weight is 454 g/mol. The van der Waals surface area contributed by atoms with Gasteiger partial charge in [0.15, 0.2) is 0 Å². The van der Waals surface area contributed by atoms with Crippen LogP contribution in [-0.4, -0.2) is 39.3 Å². The van der Waals surface area contributed by atoms with Gasteiger partial charge in [-0.25, -0.2) is 0 Å². The highest BCUT2D eigenvalue weighted by atomic mass is 16.5. The molecule has 0 aromatic heterocycles. The fourth-order valence-corrected chi connectivity index (χ4v) is 5.00. The molecule has 1 aliphatic carbocycles. The summed E-state index contributed by atoms with van der Waals surface area (Å²) in [4.78, 5) is 23.6. The van der Waals surface area contributed by atoms with Crippen molar-refractivity contribution in [3.05, 3.63) is 53.1 Å². The molecule has 2 aromatic carbocycles. The average Bonchev–Trinajstić information content (AvgIpc) is 2.86. The van der Waals surface area contributed by atoms with Crippen LogP contribution in [0.25, 0.3) is 0 Å². The number of fused-ring (bicyclic) bond motifs is 3. The zero-order chi connectivity index (χ0) is 23.4. The van der Waals surface area contributed by atoms with Crippen LogP contribution in [0.5, 0.6) is 11.5 Å². The Bertz CT molecular complexity index is 1020. The molecular weight excluding hydrogens is 422 g/mol. The van der Waals surface area contributed by atoms with Crippen molar-refractivity contribution in [2.45, 2.75) is 56.7 Å². The van der Waals surface area contributed by atoms with Gasteiger partial charge in [0.25, 0.3) is 0 Å². The van der Waals surface area contributed by atoms with Gasteiger partial charge in [0, 0.05) is 29.2 Å². The maximum atomic E-state index is 12.3. The number of anilines is 1. The van der Waals surface area contributed by atoms with Crippen molar-refractivity contribution in [3.63, 3.8) is 0 Å². The first-order valence-corrected chi connectivity index (χ1v) is 11.4. The minimum absolute atomic E-state index is 0.0429. The van der Waals surface area contributed by atoms with Crippen molar-refractivity contribution in [1.82, 2.24) is 0 Å².